The Labute approximate surface area is 145 Å². The van der Waals surface area contributed by atoms with Crippen LogP contribution in [0.1, 0.15) is 27.2 Å². The van der Waals surface area contributed by atoms with Gasteiger partial charge < -0.3 is 14.1 Å². The van der Waals surface area contributed by atoms with Crippen LogP contribution in [0.4, 0.5) is 11.4 Å². The Bertz CT molecular complexity index is 613. The van der Waals surface area contributed by atoms with Gasteiger partial charge in [-0.3, -0.25) is 10.1 Å². The number of nitro benzene ring substituents is 1. The predicted octanol–water partition coefficient (Wildman–Crippen LogP) is 4.20. The molecule has 6 nitrogen and oxygen atoms in total. The first-order valence-corrected chi connectivity index (χ1v) is 11.2. The second-order valence-electron chi connectivity index (χ2n) is 7.93. The van der Waals surface area contributed by atoms with E-state index in [2.05, 4.69) is 33.9 Å². The van der Waals surface area contributed by atoms with Crippen LogP contribution >= 0.6 is 0 Å². The van der Waals surface area contributed by atoms with Crippen molar-refractivity contribution in [1.29, 1.82) is 0 Å². The van der Waals surface area contributed by atoms with Gasteiger partial charge in [0.25, 0.3) is 5.69 Å². The van der Waals surface area contributed by atoms with Gasteiger partial charge in [-0.2, -0.15) is 0 Å². The lowest BCUT2D eigenvalue weighted by Gasteiger charge is -2.37. The van der Waals surface area contributed by atoms with Crippen molar-refractivity contribution in [2.24, 2.45) is 0 Å². The summed E-state index contributed by atoms with van der Waals surface area (Å²) >= 11 is 0. The fourth-order valence-electron chi connectivity index (χ4n) is 2.45. The molecule has 0 spiro atoms. The molecule has 1 heterocycles. The van der Waals surface area contributed by atoms with Gasteiger partial charge >= 0.3 is 0 Å². The quantitative estimate of drug-likeness (QED) is 0.451. The Morgan fingerprint density at radius 1 is 1.42 bits per heavy atom. The molecule has 0 aliphatic carbocycles. The summed E-state index contributed by atoms with van der Waals surface area (Å²) in [4.78, 5) is 12.5. The van der Waals surface area contributed by atoms with Gasteiger partial charge in [0, 0.05) is 32.2 Å². The van der Waals surface area contributed by atoms with Gasteiger partial charge in [-0.1, -0.05) is 20.8 Å². The first kappa shape index (κ1) is 18.7. The molecule has 1 aromatic rings. The van der Waals surface area contributed by atoms with E-state index in [1.54, 1.807) is 12.1 Å². The van der Waals surface area contributed by atoms with Crippen LogP contribution in [0.15, 0.2) is 18.2 Å². The highest BCUT2D eigenvalue weighted by molar-refractivity contribution is 6.74. The molecule has 1 aromatic carbocycles. The maximum absolute atomic E-state index is 10.9. The van der Waals surface area contributed by atoms with Gasteiger partial charge in [-0.25, -0.2) is 0 Å². The van der Waals surface area contributed by atoms with E-state index in [0.717, 1.165) is 12.1 Å². The predicted molar refractivity (Wildman–Crippen MR) is 98.5 cm³/mol. The van der Waals surface area contributed by atoms with E-state index in [1.165, 1.54) is 6.07 Å². The lowest BCUT2D eigenvalue weighted by atomic mass is 10.1. The molecule has 134 valence electrons. The summed E-state index contributed by atoms with van der Waals surface area (Å²) in [7, 11) is 0.195. The highest BCUT2D eigenvalue weighted by Crippen LogP contribution is 2.38. The Morgan fingerprint density at radius 3 is 2.67 bits per heavy atom. The monoisotopic (exact) mass is 352 g/mol. The number of likely N-dealkylation sites (N-methyl/N-ethyl adjacent to an activating group) is 1. The molecule has 0 N–H and O–H groups in total. The SMILES string of the molecule is CN1CC(CCO[Si](C)(C)C(C)(C)C)Oc2ccc([N+](=O)[O-])cc21. The van der Waals surface area contributed by atoms with Crippen LogP contribution in [-0.4, -0.2) is 39.5 Å². The van der Waals surface area contributed by atoms with Crippen molar-refractivity contribution in [1.82, 2.24) is 0 Å². The van der Waals surface area contributed by atoms with E-state index in [-0.39, 0.29) is 21.8 Å². The molecule has 7 heteroatoms. The molecule has 1 aliphatic rings. The van der Waals surface area contributed by atoms with Crippen molar-refractivity contribution >= 4 is 19.7 Å². The van der Waals surface area contributed by atoms with E-state index in [4.69, 9.17) is 9.16 Å². The number of non-ortho nitro benzene ring substituents is 1. The number of nitro groups is 1. The molecule has 0 saturated heterocycles. The van der Waals surface area contributed by atoms with Gasteiger partial charge in [0.1, 0.15) is 11.9 Å². The van der Waals surface area contributed by atoms with Crippen LogP contribution < -0.4 is 9.64 Å². The van der Waals surface area contributed by atoms with Crippen LogP contribution in [-0.2, 0) is 4.43 Å². The van der Waals surface area contributed by atoms with Crippen molar-refractivity contribution in [3.05, 3.63) is 28.3 Å². The molecule has 0 aromatic heterocycles. The van der Waals surface area contributed by atoms with E-state index in [1.807, 2.05) is 11.9 Å². The van der Waals surface area contributed by atoms with E-state index < -0.39 is 8.32 Å². The normalized spacial score (nSPS) is 18.1. The highest BCUT2D eigenvalue weighted by atomic mass is 28.4. The van der Waals surface area contributed by atoms with Crippen LogP contribution in [0.2, 0.25) is 18.1 Å². The summed E-state index contributed by atoms with van der Waals surface area (Å²) in [5, 5.41) is 11.1. The summed E-state index contributed by atoms with van der Waals surface area (Å²) in [5.41, 5.74) is 0.856. The van der Waals surface area contributed by atoms with E-state index in [0.29, 0.717) is 18.9 Å². The topological polar surface area (TPSA) is 64.8 Å². The molecule has 0 fully saturated rings. The number of benzene rings is 1. The molecular weight excluding hydrogens is 324 g/mol. The summed E-state index contributed by atoms with van der Waals surface area (Å²) in [6.45, 7) is 12.6. The second kappa shape index (κ2) is 6.72. The molecule has 0 bridgehead atoms. The van der Waals surface area contributed by atoms with Gasteiger partial charge in [0.15, 0.2) is 8.32 Å². The lowest BCUT2D eigenvalue weighted by Crippen LogP contribution is -2.43. The summed E-state index contributed by atoms with van der Waals surface area (Å²) < 4.78 is 12.2. The highest BCUT2D eigenvalue weighted by Gasteiger charge is 2.37. The van der Waals surface area contributed by atoms with Crippen molar-refractivity contribution < 1.29 is 14.1 Å². The second-order valence-corrected chi connectivity index (χ2v) is 12.7. The molecule has 1 unspecified atom stereocenters. The zero-order valence-corrected chi connectivity index (χ0v) is 16.5. The summed E-state index contributed by atoms with van der Waals surface area (Å²) in [5.74, 6) is 0.701. The van der Waals surface area contributed by atoms with E-state index in [9.17, 15) is 10.1 Å². The molecule has 0 radical (unpaired) electrons. The van der Waals surface area contributed by atoms with Crippen molar-refractivity contribution in [2.75, 3.05) is 25.1 Å². The maximum Gasteiger partial charge on any atom is 0.271 e. The lowest BCUT2D eigenvalue weighted by molar-refractivity contribution is -0.384. The van der Waals surface area contributed by atoms with Crippen molar-refractivity contribution in [2.45, 2.75) is 51.4 Å². The fourth-order valence-corrected chi connectivity index (χ4v) is 3.51. The number of ether oxygens (including phenoxy) is 1. The standard InChI is InChI=1S/C17H28N2O4Si/c1-17(2,3)24(5,6)22-10-9-14-12-18(4)15-11-13(19(20)21)7-8-16(15)23-14/h7-8,11,14H,9-10,12H2,1-6H3. The minimum atomic E-state index is -1.74. The fraction of sp³-hybridized carbons (Fsp3) is 0.647. The van der Waals surface area contributed by atoms with Gasteiger partial charge in [-0.05, 0) is 24.2 Å². The first-order valence-electron chi connectivity index (χ1n) is 8.31. The number of anilines is 1. The Hall–Kier alpha value is -1.60. The summed E-state index contributed by atoms with van der Waals surface area (Å²) in [6.07, 6.45) is 0.849. The average Bonchev–Trinajstić information content (AvgIpc) is 2.45. The van der Waals surface area contributed by atoms with Crippen molar-refractivity contribution in [3.63, 3.8) is 0 Å². The Kier molecular flexibility index (Phi) is 5.24. The number of hydrogen-bond donors (Lipinski definition) is 0. The third-order valence-corrected chi connectivity index (χ3v) is 9.58. The number of nitrogens with zero attached hydrogens (tertiary/aromatic N) is 2. The van der Waals surface area contributed by atoms with E-state index >= 15 is 0 Å². The van der Waals surface area contributed by atoms with Gasteiger partial charge in [0.05, 0.1) is 17.2 Å². The molecule has 0 amide bonds. The molecular formula is C17H28N2O4Si. The molecule has 24 heavy (non-hydrogen) atoms. The number of rotatable bonds is 5. The average molecular weight is 353 g/mol. The van der Waals surface area contributed by atoms with Gasteiger partial charge in [-0.15, -0.1) is 0 Å². The smallest absolute Gasteiger partial charge is 0.271 e. The van der Waals surface area contributed by atoms with Crippen LogP contribution in [0, 0.1) is 10.1 Å². The zero-order valence-electron chi connectivity index (χ0n) is 15.5. The van der Waals surface area contributed by atoms with Crippen LogP contribution in [0.25, 0.3) is 0 Å². The third-order valence-electron chi connectivity index (χ3n) is 5.04. The Morgan fingerprint density at radius 2 is 2.08 bits per heavy atom. The first-order chi connectivity index (χ1) is 11.0. The molecule has 0 saturated carbocycles. The molecule has 1 atom stereocenters. The number of fused-ring (bicyclic) bond motifs is 1. The number of hydrogen-bond acceptors (Lipinski definition) is 5. The van der Waals surface area contributed by atoms with Crippen LogP contribution in [0.3, 0.4) is 0 Å². The van der Waals surface area contributed by atoms with Crippen LogP contribution in [0.5, 0.6) is 5.75 Å². The molecule has 1 aliphatic heterocycles. The molecule has 2 rings (SSSR count). The largest absolute Gasteiger partial charge is 0.486 e. The third kappa shape index (κ3) is 4.07. The summed E-state index contributed by atoms with van der Waals surface area (Å²) in [6, 6.07) is 4.74. The van der Waals surface area contributed by atoms with Crippen molar-refractivity contribution in [3.8, 4) is 5.75 Å². The Balaban J connectivity index is 1.98. The minimum Gasteiger partial charge on any atom is -0.486 e. The maximum atomic E-state index is 10.9. The zero-order chi connectivity index (χ0) is 18.1. The minimum absolute atomic E-state index is 0.0359. The van der Waals surface area contributed by atoms with Gasteiger partial charge in [0.2, 0.25) is 0 Å².